The van der Waals surface area contributed by atoms with Crippen molar-refractivity contribution in [1.29, 1.82) is 0 Å². The van der Waals surface area contributed by atoms with Gasteiger partial charge in [-0.15, -0.1) is 0 Å². The molecule has 1 heterocycles. The molecule has 0 aromatic rings. The topological polar surface area (TPSA) is 91.3 Å². The lowest BCUT2D eigenvalue weighted by Gasteiger charge is -2.12. The van der Waals surface area contributed by atoms with Crippen LogP contribution in [-0.2, 0) is 30.6 Å². The van der Waals surface area contributed by atoms with Crippen molar-refractivity contribution >= 4 is 32.6 Å². The van der Waals surface area contributed by atoms with Crippen LogP contribution < -0.4 is 0 Å². The lowest BCUT2D eigenvalue weighted by atomic mass is 10.2. The van der Waals surface area contributed by atoms with E-state index in [1.54, 1.807) is 0 Å². The van der Waals surface area contributed by atoms with Crippen LogP contribution in [0.3, 0.4) is 0 Å². The van der Waals surface area contributed by atoms with Gasteiger partial charge >= 0.3 is 0 Å². The standard InChI is InChI=1S/C12H21O2S.C4H10O3S/c1-2-3-4-5-12(14)10-15-8-6-11(13)7-9-15;1-2-3-4-8(5,6)7/h2-10H2,1H3;2-4H2,1H3,(H,5,6,7)/q+1;/p-1. The fourth-order valence-electron chi connectivity index (χ4n) is 2.08. The molecule has 136 valence electrons. The Bertz CT molecular complexity index is 435. The summed E-state index contributed by atoms with van der Waals surface area (Å²) in [5.41, 5.74) is 0. The molecule has 23 heavy (non-hydrogen) atoms. The summed E-state index contributed by atoms with van der Waals surface area (Å²) in [4.78, 5) is 22.6. The van der Waals surface area contributed by atoms with Crippen molar-refractivity contribution < 1.29 is 22.6 Å². The van der Waals surface area contributed by atoms with Gasteiger partial charge in [0.2, 0.25) is 0 Å². The number of unbranched alkanes of at least 4 members (excludes halogenated alkanes) is 3. The minimum absolute atomic E-state index is 0.219. The van der Waals surface area contributed by atoms with Crippen LogP contribution in [0.15, 0.2) is 0 Å². The smallest absolute Gasteiger partial charge is 0.181 e. The highest BCUT2D eigenvalue weighted by Crippen LogP contribution is 2.12. The largest absolute Gasteiger partial charge is 0.748 e. The Morgan fingerprint density at radius 2 is 1.65 bits per heavy atom. The molecule has 0 aliphatic carbocycles. The molecule has 0 spiro atoms. The molecule has 0 aromatic heterocycles. The fourth-order valence-corrected chi connectivity index (χ4v) is 4.85. The molecule has 0 unspecified atom stereocenters. The maximum absolute atomic E-state index is 11.6. The normalized spacial score (nSPS) is 15.9. The zero-order valence-electron chi connectivity index (χ0n) is 14.3. The molecule has 0 radical (unpaired) electrons. The minimum atomic E-state index is -3.94. The van der Waals surface area contributed by atoms with Crippen molar-refractivity contribution in [3.63, 3.8) is 0 Å². The molecule has 5 nitrogen and oxygen atoms in total. The van der Waals surface area contributed by atoms with E-state index >= 15 is 0 Å². The monoisotopic (exact) mass is 366 g/mol. The lowest BCUT2D eigenvalue weighted by Crippen LogP contribution is -2.29. The molecule has 0 bridgehead atoms. The predicted molar refractivity (Wildman–Crippen MR) is 94.8 cm³/mol. The highest BCUT2D eigenvalue weighted by molar-refractivity contribution is 7.97. The molecule has 1 fully saturated rings. The quantitative estimate of drug-likeness (QED) is 0.355. The van der Waals surface area contributed by atoms with Gasteiger partial charge in [0.1, 0.15) is 17.3 Å². The van der Waals surface area contributed by atoms with Crippen molar-refractivity contribution in [2.75, 3.05) is 23.0 Å². The van der Waals surface area contributed by atoms with Crippen LogP contribution in [0, 0.1) is 0 Å². The number of carbonyl (C=O) groups is 2. The van der Waals surface area contributed by atoms with Gasteiger partial charge in [0.25, 0.3) is 0 Å². The minimum Gasteiger partial charge on any atom is -0.748 e. The van der Waals surface area contributed by atoms with Gasteiger partial charge in [0.05, 0.1) is 23.0 Å². The van der Waals surface area contributed by atoms with Gasteiger partial charge < -0.3 is 4.55 Å². The summed E-state index contributed by atoms with van der Waals surface area (Å²) in [6, 6.07) is 0. The maximum Gasteiger partial charge on any atom is 0.181 e. The Morgan fingerprint density at radius 1 is 1.09 bits per heavy atom. The third-order valence-corrected chi connectivity index (χ3v) is 6.59. The molecule has 1 rings (SSSR count). The second-order valence-corrected chi connectivity index (χ2v) is 9.67. The summed E-state index contributed by atoms with van der Waals surface area (Å²) in [6.07, 6.45) is 6.80. The number of Topliss-reactive ketones (excluding diaryl/α,β-unsaturated/α-hetero) is 2. The summed E-state index contributed by atoms with van der Waals surface area (Å²) in [6.45, 7) is 3.99. The summed E-state index contributed by atoms with van der Waals surface area (Å²) >= 11 is 0. The summed E-state index contributed by atoms with van der Waals surface area (Å²) in [5, 5.41) is 0. The average Bonchev–Trinajstić information content (AvgIpc) is 2.48. The van der Waals surface area contributed by atoms with Crippen molar-refractivity contribution in [1.82, 2.24) is 0 Å². The summed E-state index contributed by atoms with van der Waals surface area (Å²) in [7, 11) is -3.71. The van der Waals surface area contributed by atoms with Crippen molar-refractivity contribution in [3.8, 4) is 0 Å². The predicted octanol–water partition coefficient (Wildman–Crippen LogP) is 2.45. The summed E-state index contributed by atoms with van der Waals surface area (Å²) < 4.78 is 29.5. The highest BCUT2D eigenvalue weighted by Gasteiger charge is 2.28. The Hall–Kier alpha value is -0.400. The Labute approximate surface area is 143 Å². The van der Waals surface area contributed by atoms with Gasteiger partial charge in [0, 0.05) is 12.2 Å². The van der Waals surface area contributed by atoms with Crippen molar-refractivity contribution in [2.45, 2.75) is 65.2 Å². The third kappa shape index (κ3) is 14.9. The molecule has 0 amide bonds. The van der Waals surface area contributed by atoms with Crippen LogP contribution in [0.2, 0.25) is 0 Å². The molecule has 1 aliphatic rings. The van der Waals surface area contributed by atoms with Crippen molar-refractivity contribution in [3.05, 3.63) is 0 Å². The van der Waals surface area contributed by atoms with E-state index in [0.717, 1.165) is 42.9 Å². The first kappa shape index (κ1) is 22.6. The zero-order chi connectivity index (χ0) is 17.7. The van der Waals surface area contributed by atoms with E-state index in [1.807, 2.05) is 6.92 Å². The van der Waals surface area contributed by atoms with Crippen LogP contribution in [0.4, 0.5) is 0 Å². The Balaban J connectivity index is 0.000000515. The maximum atomic E-state index is 11.6. The Morgan fingerprint density at radius 3 is 2.09 bits per heavy atom. The molecule has 1 aliphatic heterocycles. The number of hydrogen-bond donors (Lipinski definition) is 0. The molecule has 0 atom stereocenters. The van der Waals surface area contributed by atoms with Gasteiger partial charge in [-0.05, 0) is 23.7 Å². The van der Waals surface area contributed by atoms with Crippen LogP contribution >= 0.6 is 0 Å². The number of hydrogen-bond acceptors (Lipinski definition) is 5. The van der Waals surface area contributed by atoms with Crippen LogP contribution in [0.5, 0.6) is 0 Å². The highest BCUT2D eigenvalue weighted by atomic mass is 32.2. The zero-order valence-corrected chi connectivity index (χ0v) is 16.0. The van der Waals surface area contributed by atoms with Crippen LogP contribution in [0.25, 0.3) is 0 Å². The fraction of sp³-hybridized carbons (Fsp3) is 0.875. The van der Waals surface area contributed by atoms with E-state index in [2.05, 4.69) is 6.92 Å². The summed E-state index contributed by atoms with van der Waals surface area (Å²) in [5.74, 6) is 3.27. The average molecular weight is 367 g/mol. The molecule has 0 saturated carbocycles. The van der Waals surface area contributed by atoms with Gasteiger partial charge in [-0.2, -0.15) is 0 Å². The van der Waals surface area contributed by atoms with E-state index in [1.165, 1.54) is 6.42 Å². The Kier molecular flexibility index (Phi) is 12.7. The second kappa shape index (κ2) is 13.0. The molecule has 7 heteroatoms. The van der Waals surface area contributed by atoms with Gasteiger partial charge in [0.15, 0.2) is 11.5 Å². The van der Waals surface area contributed by atoms with Gasteiger partial charge in [-0.25, -0.2) is 8.42 Å². The van der Waals surface area contributed by atoms with E-state index in [9.17, 15) is 22.6 Å². The third-order valence-electron chi connectivity index (χ3n) is 3.51. The number of rotatable bonds is 9. The lowest BCUT2D eigenvalue weighted by molar-refractivity contribution is -0.119. The van der Waals surface area contributed by atoms with E-state index in [0.29, 0.717) is 30.8 Å². The molecule has 0 N–H and O–H groups in total. The molecular weight excluding hydrogens is 336 g/mol. The molecular formula is C16H30O5S2. The second-order valence-electron chi connectivity index (χ2n) is 5.81. The number of ketones is 2. The van der Waals surface area contributed by atoms with Crippen LogP contribution in [0.1, 0.15) is 65.2 Å². The van der Waals surface area contributed by atoms with E-state index in [-0.39, 0.29) is 16.6 Å². The first-order valence-electron chi connectivity index (χ1n) is 8.39. The number of carbonyl (C=O) groups excluding carboxylic acids is 2. The molecule has 0 aromatic carbocycles. The molecule has 1 saturated heterocycles. The van der Waals surface area contributed by atoms with E-state index in [4.69, 9.17) is 0 Å². The first-order chi connectivity index (χ1) is 10.8. The first-order valence-corrected chi connectivity index (χ1v) is 11.7. The van der Waals surface area contributed by atoms with Crippen LogP contribution in [-0.4, -0.2) is 47.5 Å². The van der Waals surface area contributed by atoms with Gasteiger partial charge in [-0.1, -0.05) is 33.1 Å². The van der Waals surface area contributed by atoms with Gasteiger partial charge in [-0.3, -0.25) is 9.59 Å². The van der Waals surface area contributed by atoms with E-state index < -0.39 is 10.1 Å². The SMILES string of the molecule is CCCCCC(=O)C[S+]1CCC(=O)CC1.CCCCS(=O)(=O)[O-]. The van der Waals surface area contributed by atoms with Crippen molar-refractivity contribution in [2.24, 2.45) is 0 Å².